The minimum absolute atomic E-state index is 0.0773. The molecule has 4 rings (SSSR count). The number of nitrogens with zero attached hydrogens (tertiary/aromatic N) is 1. The first-order valence-corrected chi connectivity index (χ1v) is 13.6. The predicted molar refractivity (Wildman–Crippen MR) is 139 cm³/mol. The van der Waals surface area contributed by atoms with Crippen LogP contribution >= 0.6 is 20.0 Å². The number of phosphoric acid groups is 1. The van der Waals surface area contributed by atoms with E-state index in [2.05, 4.69) is 11.9 Å². The summed E-state index contributed by atoms with van der Waals surface area (Å²) in [5, 5.41) is 23.8. The van der Waals surface area contributed by atoms with E-state index < -0.39 is 61.9 Å². The maximum absolute atomic E-state index is 16.3. The molecule has 3 N–H and O–H groups in total. The Morgan fingerprint density at radius 2 is 1.97 bits per heavy atom. The van der Waals surface area contributed by atoms with Gasteiger partial charge in [-0.1, -0.05) is 60.3 Å². The highest BCUT2D eigenvalue weighted by Crippen LogP contribution is 2.58. The highest BCUT2D eigenvalue weighted by atomic mass is 32.1. The Kier molecular flexibility index (Phi) is 6.35. The van der Waals surface area contributed by atoms with Gasteiger partial charge in [0.2, 0.25) is 0 Å². The van der Waals surface area contributed by atoms with Gasteiger partial charge in [-0.15, -0.1) is 0 Å². The number of hydrogen-bond acceptors (Lipinski definition) is 9. The van der Waals surface area contributed by atoms with E-state index >= 15 is 8.78 Å². The Balaban J connectivity index is 1.70. The molecule has 0 amide bonds. The lowest BCUT2D eigenvalue weighted by Crippen LogP contribution is -2.46. The minimum Gasteiger partial charge on any atom is -0.403 e. The fourth-order valence-corrected chi connectivity index (χ4v) is 5.32. The Hall–Kier alpha value is -1.92. The van der Waals surface area contributed by atoms with Crippen molar-refractivity contribution < 1.29 is 46.0 Å². The third kappa shape index (κ3) is 5.28. The van der Waals surface area contributed by atoms with Crippen LogP contribution in [0, 0.1) is 5.82 Å². The number of fused-ring (bicyclic) bond motifs is 1. The van der Waals surface area contributed by atoms with Crippen LogP contribution in [-0.2, 0) is 35.8 Å². The Labute approximate surface area is 230 Å². The Morgan fingerprint density at radius 1 is 1.34 bits per heavy atom. The lowest BCUT2D eigenvalue weighted by Gasteiger charge is -2.34. The van der Waals surface area contributed by atoms with Crippen LogP contribution in [0.25, 0.3) is 0 Å². The van der Waals surface area contributed by atoms with Crippen molar-refractivity contribution in [3.05, 3.63) is 53.2 Å². The molecule has 210 valence electrons. The molecule has 1 aromatic carbocycles. The molecule has 0 spiro atoms. The highest BCUT2D eigenvalue weighted by molar-refractivity contribution is 7.80. The summed E-state index contributed by atoms with van der Waals surface area (Å²) in [6.45, 7) is 9.93. The van der Waals surface area contributed by atoms with Crippen molar-refractivity contribution in [2.75, 3.05) is 6.56 Å². The molecule has 13 heteroatoms. The van der Waals surface area contributed by atoms with Crippen LogP contribution in [0.4, 0.5) is 8.78 Å². The summed E-state index contributed by atoms with van der Waals surface area (Å²) in [4.78, 5) is 0.962. The van der Waals surface area contributed by atoms with Crippen LogP contribution in [0.1, 0.15) is 62.3 Å². The van der Waals surface area contributed by atoms with Gasteiger partial charge in [0.1, 0.15) is 41.1 Å². The van der Waals surface area contributed by atoms with Gasteiger partial charge < -0.3 is 29.7 Å². The van der Waals surface area contributed by atoms with E-state index in [1.54, 1.807) is 26.8 Å². The zero-order valence-electron chi connectivity index (χ0n) is 24.8. The SMILES string of the molecule is [2H]C([2H])(OP1(=O)OCc2c(F)c(C(C)(C)C)cc(C(C)(C)C)c2O1)[C@@]1(F)O[C@@]([2H])(N2C=CC(=S)NC2=C)[C@H](O)[C@@H]1O. The van der Waals surface area contributed by atoms with Crippen LogP contribution in [0.5, 0.6) is 5.75 Å². The topological polar surface area (TPSA) is 110 Å². The van der Waals surface area contributed by atoms with E-state index in [1.165, 1.54) is 6.08 Å². The summed E-state index contributed by atoms with van der Waals surface area (Å²) in [5.74, 6) is -5.00. The number of phosphoric ester groups is 1. The average Bonchev–Trinajstić information content (AvgIpc) is 2.98. The van der Waals surface area contributed by atoms with Gasteiger partial charge in [0.25, 0.3) is 5.85 Å². The maximum atomic E-state index is 16.3. The third-order valence-corrected chi connectivity index (χ3v) is 7.55. The molecule has 9 nitrogen and oxygen atoms in total. The second-order valence-corrected chi connectivity index (χ2v) is 13.2. The van der Waals surface area contributed by atoms with Gasteiger partial charge >= 0.3 is 7.82 Å². The molecule has 3 aliphatic heterocycles. The number of halogens is 2. The van der Waals surface area contributed by atoms with E-state index in [0.29, 0.717) is 11.1 Å². The number of benzene rings is 1. The molecule has 1 unspecified atom stereocenters. The molecule has 1 aromatic rings. The molecule has 38 heavy (non-hydrogen) atoms. The molecule has 3 aliphatic rings. The zero-order chi connectivity index (χ0) is 31.1. The predicted octanol–water partition coefficient (Wildman–Crippen LogP) is 4.42. The number of aliphatic hydroxyl groups is 2. The molecule has 0 bridgehead atoms. The quantitative estimate of drug-likeness (QED) is 0.352. The van der Waals surface area contributed by atoms with Gasteiger partial charge in [-0.25, -0.2) is 13.3 Å². The van der Waals surface area contributed by atoms with Crippen molar-refractivity contribution in [2.45, 2.75) is 83.2 Å². The molecule has 0 radical (unpaired) electrons. The second kappa shape index (κ2) is 9.62. The summed E-state index contributed by atoms with van der Waals surface area (Å²) < 4.78 is 91.2. The molecule has 1 saturated heterocycles. The van der Waals surface area contributed by atoms with Crippen LogP contribution < -0.4 is 9.84 Å². The van der Waals surface area contributed by atoms with Gasteiger partial charge in [-0.2, -0.15) is 0 Å². The van der Waals surface area contributed by atoms with Gasteiger partial charge in [-0.3, -0.25) is 9.05 Å². The Morgan fingerprint density at radius 3 is 2.55 bits per heavy atom. The van der Waals surface area contributed by atoms with Crippen LogP contribution in [0.3, 0.4) is 0 Å². The fraction of sp³-hybridized carbons (Fsp3) is 0.560. The summed E-state index contributed by atoms with van der Waals surface area (Å²) in [7, 11) is -5.07. The van der Waals surface area contributed by atoms with Crippen molar-refractivity contribution in [1.82, 2.24) is 10.2 Å². The van der Waals surface area contributed by atoms with Crippen molar-refractivity contribution in [3.8, 4) is 5.75 Å². The average molecular weight is 578 g/mol. The summed E-state index contributed by atoms with van der Waals surface area (Å²) in [6, 6.07) is 1.56. The van der Waals surface area contributed by atoms with E-state index in [4.69, 9.17) is 34.6 Å². The van der Waals surface area contributed by atoms with Crippen molar-refractivity contribution >= 4 is 25.0 Å². The first-order valence-electron chi connectivity index (χ1n) is 13.2. The van der Waals surface area contributed by atoms with Gasteiger partial charge in [0, 0.05) is 11.8 Å². The number of hydrogen-bond donors (Lipinski definition) is 3. The highest BCUT2D eigenvalue weighted by Gasteiger charge is 2.58. The maximum Gasteiger partial charge on any atom is 0.530 e. The molecule has 0 aliphatic carbocycles. The molecule has 1 fully saturated rings. The number of aliphatic hydroxyl groups excluding tert-OH is 2. The van der Waals surface area contributed by atoms with E-state index in [9.17, 15) is 14.8 Å². The van der Waals surface area contributed by atoms with Crippen LogP contribution in [0.2, 0.25) is 0 Å². The smallest absolute Gasteiger partial charge is 0.403 e. The minimum atomic E-state index is -5.07. The number of ether oxygens (including phenoxy) is 1. The third-order valence-electron chi connectivity index (χ3n) is 6.15. The monoisotopic (exact) mass is 577 g/mol. The Bertz CT molecular complexity index is 1390. The van der Waals surface area contributed by atoms with Gasteiger partial charge in [0.05, 0.1) is 16.3 Å². The normalized spacial score (nSPS) is 35.2. The second-order valence-electron chi connectivity index (χ2n) is 11.2. The lowest BCUT2D eigenvalue weighted by atomic mass is 9.78. The molecular weight excluding hydrogens is 541 g/mol. The molecule has 0 aromatic heterocycles. The number of rotatable bonds is 4. The summed E-state index contributed by atoms with van der Waals surface area (Å²) in [5.41, 5.74) is -0.618. The van der Waals surface area contributed by atoms with Crippen molar-refractivity contribution in [1.29, 1.82) is 0 Å². The molecular formula is C25H33F2N2O7PS. The van der Waals surface area contributed by atoms with Crippen molar-refractivity contribution in [2.24, 2.45) is 0 Å². The first kappa shape index (κ1) is 25.1. The van der Waals surface area contributed by atoms with Gasteiger partial charge in [0.15, 0.2) is 6.20 Å². The number of nitrogens with one attached hydrogen (secondary N) is 1. The van der Waals surface area contributed by atoms with Crippen molar-refractivity contribution in [3.63, 3.8) is 0 Å². The first-order chi connectivity index (χ1) is 18.5. The fourth-order valence-electron chi connectivity index (χ4n) is 4.05. The number of thiocarbonyl (C=S) groups is 1. The van der Waals surface area contributed by atoms with E-state index in [0.717, 1.165) is 11.1 Å². The summed E-state index contributed by atoms with van der Waals surface area (Å²) >= 11 is 4.96. The standard InChI is InChI=1S/C25H33F2N2O7PS/c1-13-28-17(38)8-9-29(13)22-19(30)21(31)25(27,35-22)12-34-37(32)33-11-14-18(26)15(23(2,3)4)10-16(20(14)36-37)24(5,6)7/h8-10,19,21-22,30-31H,1,11-12H2,2-7H3,(H,28,38)/t19-,21+,22-,25-,37?/m1/s1/i12D2,22D. The van der Waals surface area contributed by atoms with Crippen LogP contribution in [-0.4, -0.2) is 50.9 Å². The largest absolute Gasteiger partial charge is 0.530 e. The van der Waals surface area contributed by atoms with E-state index in [1.807, 2.05) is 20.8 Å². The van der Waals surface area contributed by atoms with Crippen LogP contribution in [0.15, 0.2) is 30.7 Å². The molecule has 5 atom stereocenters. The molecule has 3 heterocycles. The number of alkyl halides is 1. The lowest BCUT2D eigenvalue weighted by molar-refractivity contribution is -0.207. The summed E-state index contributed by atoms with van der Waals surface area (Å²) in [6.07, 6.45) is -5.61. The van der Waals surface area contributed by atoms with E-state index in [-0.39, 0.29) is 22.1 Å². The molecule has 0 saturated carbocycles. The zero-order valence-corrected chi connectivity index (χ0v) is 23.5. The van der Waals surface area contributed by atoms with Gasteiger partial charge in [-0.05, 0) is 28.5 Å².